The number of carbonyl (C=O) groups is 2. The molecule has 0 aliphatic carbocycles. The number of aryl methyl sites for hydroxylation is 3. The van der Waals surface area contributed by atoms with Crippen molar-refractivity contribution in [2.75, 3.05) is 12.4 Å². The zero-order valence-corrected chi connectivity index (χ0v) is 19.7. The van der Waals surface area contributed by atoms with Gasteiger partial charge in [-0.2, -0.15) is 5.10 Å². The summed E-state index contributed by atoms with van der Waals surface area (Å²) in [7, 11) is 1.46. The highest BCUT2D eigenvalue weighted by molar-refractivity contribution is 6.33. The fraction of sp³-hybridized carbons (Fsp3) is 0.273. The van der Waals surface area contributed by atoms with E-state index in [0.717, 1.165) is 17.0 Å². The van der Waals surface area contributed by atoms with Crippen molar-refractivity contribution in [3.8, 4) is 11.6 Å². The molecule has 10 heteroatoms. The van der Waals surface area contributed by atoms with Crippen molar-refractivity contribution in [1.29, 1.82) is 0 Å². The van der Waals surface area contributed by atoms with Gasteiger partial charge in [0.15, 0.2) is 17.6 Å². The number of rotatable bonds is 6. The van der Waals surface area contributed by atoms with E-state index in [-0.39, 0.29) is 10.7 Å². The van der Waals surface area contributed by atoms with Crippen LogP contribution in [0.2, 0.25) is 10.0 Å². The van der Waals surface area contributed by atoms with E-state index in [1.807, 2.05) is 19.9 Å². The Hall–Kier alpha value is -3.10. The Morgan fingerprint density at radius 2 is 1.81 bits per heavy atom. The van der Waals surface area contributed by atoms with Crippen LogP contribution in [0, 0.1) is 20.8 Å². The van der Waals surface area contributed by atoms with Gasteiger partial charge in [-0.1, -0.05) is 23.2 Å². The summed E-state index contributed by atoms with van der Waals surface area (Å²) >= 11 is 12.3. The van der Waals surface area contributed by atoms with Gasteiger partial charge in [0, 0.05) is 16.8 Å². The number of benzene rings is 1. The summed E-state index contributed by atoms with van der Waals surface area (Å²) in [5.74, 6) is -0.593. The fourth-order valence-electron chi connectivity index (χ4n) is 2.99. The molecule has 1 atom stereocenters. The standard InChI is InChI=1S/C22H22Cl2N4O4/c1-11-8-17(18(31-5)10-16(11)24)25-21(29)14(4)32-22(30)20-15(23)6-7-19(26-20)28-13(3)9-12(2)27-28/h6-10,14H,1-5H3,(H,25,29). The number of carbonyl (C=O) groups excluding carboxylic acids is 2. The molecular formula is C22H22Cl2N4O4. The van der Waals surface area contributed by atoms with E-state index in [1.54, 1.807) is 29.8 Å². The molecule has 1 amide bonds. The summed E-state index contributed by atoms with van der Waals surface area (Å²) in [6, 6.07) is 8.32. The molecule has 3 rings (SSSR count). The smallest absolute Gasteiger partial charge is 0.359 e. The van der Waals surface area contributed by atoms with Crippen LogP contribution in [-0.2, 0) is 9.53 Å². The maximum Gasteiger partial charge on any atom is 0.359 e. The van der Waals surface area contributed by atoms with E-state index in [0.29, 0.717) is 22.3 Å². The van der Waals surface area contributed by atoms with Gasteiger partial charge >= 0.3 is 5.97 Å². The quantitative estimate of drug-likeness (QED) is 0.518. The Balaban J connectivity index is 1.77. The average molecular weight is 477 g/mol. The van der Waals surface area contributed by atoms with Crippen molar-refractivity contribution in [2.45, 2.75) is 33.8 Å². The monoisotopic (exact) mass is 476 g/mol. The number of nitrogens with one attached hydrogen (secondary N) is 1. The van der Waals surface area contributed by atoms with E-state index < -0.39 is 18.0 Å². The lowest BCUT2D eigenvalue weighted by atomic mass is 10.2. The predicted molar refractivity (Wildman–Crippen MR) is 122 cm³/mol. The van der Waals surface area contributed by atoms with Crippen molar-refractivity contribution in [2.24, 2.45) is 0 Å². The van der Waals surface area contributed by atoms with Gasteiger partial charge in [0.05, 0.1) is 23.5 Å². The van der Waals surface area contributed by atoms with Crippen LogP contribution in [0.25, 0.3) is 5.82 Å². The lowest BCUT2D eigenvalue weighted by Crippen LogP contribution is -2.30. The summed E-state index contributed by atoms with van der Waals surface area (Å²) in [5, 5.41) is 7.63. The van der Waals surface area contributed by atoms with Gasteiger partial charge in [-0.05, 0) is 57.5 Å². The molecular weight excluding hydrogens is 455 g/mol. The van der Waals surface area contributed by atoms with E-state index in [9.17, 15) is 9.59 Å². The molecule has 0 bridgehead atoms. The second-order valence-electron chi connectivity index (χ2n) is 7.18. The number of hydrogen-bond acceptors (Lipinski definition) is 6. The Labute approximate surface area is 195 Å². The lowest BCUT2D eigenvalue weighted by Gasteiger charge is -2.16. The molecule has 3 aromatic rings. The predicted octanol–water partition coefficient (Wildman–Crippen LogP) is 4.69. The minimum Gasteiger partial charge on any atom is -0.495 e. The van der Waals surface area contributed by atoms with Gasteiger partial charge in [-0.15, -0.1) is 0 Å². The Morgan fingerprint density at radius 3 is 2.44 bits per heavy atom. The third-order valence-electron chi connectivity index (χ3n) is 4.64. The van der Waals surface area contributed by atoms with Crippen LogP contribution in [0.4, 0.5) is 5.69 Å². The summed E-state index contributed by atoms with van der Waals surface area (Å²) in [6.07, 6.45) is -1.13. The summed E-state index contributed by atoms with van der Waals surface area (Å²) in [5.41, 5.74) is 2.70. The molecule has 0 aliphatic heterocycles. The highest BCUT2D eigenvalue weighted by Gasteiger charge is 2.24. The highest BCUT2D eigenvalue weighted by atomic mass is 35.5. The van der Waals surface area contributed by atoms with Gasteiger partial charge in [-0.3, -0.25) is 4.79 Å². The van der Waals surface area contributed by atoms with Gasteiger partial charge in [0.1, 0.15) is 5.75 Å². The number of ether oxygens (including phenoxy) is 2. The largest absolute Gasteiger partial charge is 0.495 e. The number of hydrogen-bond donors (Lipinski definition) is 1. The van der Waals surface area contributed by atoms with E-state index >= 15 is 0 Å². The van der Waals surface area contributed by atoms with Crippen LogP contribution in [-0.4, -0.2) is 39.9 Å². The summed E-state index contributed by atoms with van der Waals surface area (Å²) in [4.78, 5) is 29.6. The molecule has 2 aromatic heterocycles. The van der Waals surface area contributed by atoms with Crippen LogP contribution < -0.4 is 10.1 Å². The minimum absolute atomic E-state index is 0.0999. The van der Waals surface area contributed by atoms with Crippen LogP contribution in [0.5, 0.6) is 5.75 Å². The van der Waals surface area contributed by atoms with Crippen molar-refractivity contribution >= 4 is 40.8 Å². The SMILES string of the molecule is COc1cc(Cl)c(C)cc1NC(=O)C(C)OC(=O)c1nc(-n2nc(C)cc2C)ccc1Cl. The van der Waals surface area contributed by atoms with E-state index in [1.165, 1.54) is 20.1 Å². The third kappa shape index (κ3) is 5.03. The van der Waals surface area contributed by atoms with Crippen molar-refractivity contribution < 1.29 is 19.1 Å². The molecule has 2 heterocycles. The molecule has 32 heavy (non-hydrogen) atoms. The van der Waals surface area contributed by atoms with Crippen molar-refractivity contribution in [1.82, 2.24) is 14.8 Å². The van der Waals surface area contributed by atoms with Gasteiger partial charge in [-0.25, -0.2) is 14.5 Å². The molecule has 0 aliphatic rings. The first-order valence-corrected chi connectivity index (χ1v) is 10.4. The Kier molecular flexibility index (Phi) is 7.06. The highest BCUT2D eigenvalue weighted by Crippen LogP contribution is 2.31. The Bertz CT molecular complexity index is 1190. The summed E-state index contributed by atoms with van der Waals surface area (Å²) < 4.78 is 12.2. The molecule has 0 spiro atoms. The molecule has 0 saturated heterocycles. The number of halogens is 2. The van der Waals surface area contributed by atoms with Crippen molar-refractivity contribution in [3.63, 3.8) is 0 Å². The second-order valence-corrected chi connectivity index (χ2v) is 7.99. The summed E-state index contributed by atoms with van der Waals surface area (Å²) in [6.45, 7) is 6.96. The van der Waals surface area contributed by atoms with Gasteiger partial charge in [0.2, 0.25) is 0 Å². The van der Waals surface area contributed by atoms with Gasteiger partial charge < -0.3 is 14.8 Å². The molecule has 168 valence electrons. The number of methoxy groups -OCH3 is 1. The molecule has 1 aromatic carbocycles. The van der Waals surface area contributed by atoms with Crippen LogP contribution in [0.15, 0.2) is 30.3 Å². The van der Waals surface area contributed by atoms with Crippen molar-refractivity contribution in [3.05, 3.63) is 63.0 Å². The normalized spacial score (nSPS) is 11.7. The van der Waals surface area contributed by atoms with Crippen LogP contribution >= 0.6 is 23.2 Å². The fourth-order valence-corrected chi connectivity index (χ4v) is 3.32. The van der Waals surface area contributed by atoms with E-state index in [4.69, 9.17) is 32.7 Å². The first kappa shape index (κ1) is 23.6. The maximum atomic E-state index is 12.7. The number of anilines is 1. The number of esters is 1. The number of nitrogens with zero attached hydrogens (tertiary/aromatic N) is 3. The number of amides is 1. The zero-order chi connectivity index (χ0) is 23.6. The maximum absolute atomic E-state index is 12.7. The first-order valence-electron chi connectivity index (χ1n) is 9.67. The minimum atomic E-state index is -1.13. The molecule has 0 saturated carbocycles. The first-order chi connectivity index (χ1) is 15.1. The van der Waals surface area contributed by atoms with Crippen LogP contribution in [0.3, 0.4) is 0 Å². The number of aromatic nitrogens is 3. The van der Waals surface area contributed by atoms with E-state index in [2.05, 4.69) is 15.4 Å². The molecule has 0 fully saturated rings. The third-order valence-corrected chi connectivity index (χ3v) is 5.36. The molecule has 0 radical (unpaired) electrons. The topological polar surface area (TPSA) is 95.3 Å². The second kappa shape index (κ2) is 9.58. The zero-order valence-electron chi connectivity index (χ0n) is 18.2. The molecule has 1 unspecified atom stereocenters. The Morgan fingerprint density at radius 1 is 1.09 bits per heavy atom. The lowest BCUT2D eigenvalue weighted by molar-refractivity contribution is -0.123. The number of pyridine rings is 1. The molecule has 1 N–H and O–H groups in total. The molecule has 8 nitrogen and oxygen atoms in total. The van der Waals surface area contributed by atoms with Crippen LogP contribution in [0.1, 0.15) is 34.4 Å². The average Bonchev–Trinajstić information content (AvgIpc) is 3.08. The van der Waals surface area contributed by atoms with Gasteiger partial charge in [0.25, 0.3) is 5.91 Å².